The summed E-state index contributed by atoms with van der Waals surface area (Å²) in [5.41, 5.74) is 3.18. The molecule has 2 amide bonds. The van der Waals surface area contributed by atoms with Gasteiger partial charge < -0.3 is 62.6 Å². The molecule has 3 aromatic carbocycles. The number of carbonyl (C=O) groups excluding carboxylic acids is 3. The van der Waals surface area contributed by atoms with Crippen molar-refractivity contribution in [3.05, 3.63) is 151 Å². The van der Waals surface area contributed by atoms with Gasteiger partial charge in [0.15, 0.2) is 71.8 Å². The number of imidazole rings is 3. The highest BCUT2D eigenvalue weighted by atomic mass is 32.5. The number of esters is 1. The van der Waals surface area contributed by atoms with Crippen LogP contribution >= 0.6 is 20.8 Å². The molecule has 30 nitrogen and oxygen atoms in total. The van der Waals surface area contributed by atoms with Crippen LogP contribution in [0.3, 0.4) is 0 Å². The zero-order chi connectivity index (χ0) is 63.8. The number of rotatable bonds is 23. The van der Waals surface area contributed by atoms with Gasteiger partial charge in [-0.1, -0.05) is 61.5 Å². The Morgan fingerprint density at radius 2 is 1.08 bits per heavy atom. The Balaban J connectivity index is 0.808. The van der Waals surface area contributed by atoms with Crippen molar-refractivity contribution >= 4 is 107 Å². The SMILES string of the molecule is CO[C@H]1[C@@H](OP(O)(=S)OC[C@H]2O[C@@H](n3cnc4c(NC(=O)c5ccccc5)ncnc43)[C@H](OC(=O)c3ccccc3)[C@@H]2C)[C@H](n2cnc3c(NC(=O)c4ccccc4)ncnc32)O[C@@H]1COP(O)(=S)O[C@@H]1C[C@@H](CCP(C)(=O)O)O[C@H]1n1cnc2c(C)ncnc21. The molecule has 14 atom stereocenters. The maximum absolute atomic E-state index is 13.8. The number of nitrogens with one attached hydrogen (secondary N) is 2. The number of carbonyl (C=O) groups is 3. The van der Waals surface area contributed by atoms with Gasteiger partial charge in [0.05, 0.1) is 55.7 Å². The van der Waals surface area contributed by atoms with Crippen LogP contribution in [0.15, 0.2) is 129 Å². The Bertz CT molecular complexity index is 4290. The van der Waals surface area contributed by atoms with Crippen molar-refractivity contribution in [2.45, 2.75) is 88.1 Å². The molecule has 3 aliphatic rings. The summed E-state index contributed by atoms with van der Waals surface area (Å²) < 4.78 is 73.9. The number of hydrogen-bond donors (Lipinski definition) is 5. The molecule has 5 N–H and O–H groups in total. The predicted molar refractivity (Wildman–Crippen MR) is 331 cm³/mol. The molecule has 476 valence electrons. The molecule has 0 saturated carbocycles. The lowest BCUT2D eigenvalue weighted by atomic mass is 10.0. The average Bonchev–Trinajstić information content (AvgIpc) is 1.65. The van der Waals surface area contributed by atoms with Crippen molar-refractivity contribution in [3.63, 3.8) is 0 Å². The summed E-state index contributed by atoms with van der Waals surface area (Å²) in [6.45, 7) is -4.94. The first-order valence-corrected chi connectivity index (χ1v) is 35.8. The number of anilines is 2. The van der Waals surface area contributed by atoms with Crippen molar-refractivity contribution in [2.75, 3.05) is 43.8 Å². The second kappa shape index (κ2) is 26.8. The van der Waals surface area contributed by atoms with Gasteiger partial charge >= 0.3 is 19.4 Å². The molecular weight excluding hydrogens is 1280 g/mol. The molecule has 0 radical (unpaired) electrons. The monoisotopic (exact) mass is 1340 g/mol. The Kier molecular flexibility index (Phi) is 18.8. The fraction of sp³-hybridized carbons (Fsp3) is 0.357. The largest absolute Gasteiger partial charge is 0.454 e. The van der Waals surface area contributed by atoms with Crippen LogP contribution < -0.4 is 10.6 Å². The van der Waals surface area contributed by atoms with Crippen LogP contribution in [0.5, 0.6) is 0 Å². The van der Waals surface area contributed by atoms with Crippen LogP contribution in [0.2, 0.25) is 0 Å². The van der Waals surface area contributed by atoms with Crippen LogP contribution in [-0.2, 0) is 70.0 Å². The number of aryl methyl sites for hydroxylation is 1. The lowest BCUT2D eigenvalue weighted by molar-refractivity contribution is -0.0596. The summed E-state index contributed by atoms with van der Waals surface area (Å²) >= 11 is 11.5. The van der Waals surface area contributed by atoms with Gasteiger partial charge in [0.1, 0.15) is 48.9 Å². The van der Waals surface area contributed by atoms with E-state index in [1.165, 1.54) is 56.3 Å². The van der Waals surface area contributed by atoms with Gasteiger partial charge in [0.2, 0.25) is 0 Å². The molecule has 3 fully saturated rings. The first-order valence-electron chi connectivity index (χ1n) is 28.3. The summed E-state index contributed by atoms with van der Waals surface area (Å²) in [6, 6.07) is 25.3. The van der Waals surface area contributed by atoms with Gasteiger partial charge in [-0.05, 0) is 73.4 Å². The van der Waals surface area contributed by atoms with Crippen LogP contribution in [-0.4, -0.2) is 167 Å². The fourth-order valence-electron chi connectivity index (χ4n) is 11.0. The summed E-state index contributed by atoms with van der Waals surface area (Å²) in [5.74, 6) is -2.10. The second-order valence-corrected chi connectivity index (χ2v) is 29.8. The number of ether oxygens (including phenoxy) is 5. The molecule has 3 saturated heterocycles. The molecule has 0 aliphatic carbocycles. The Hall–Kier alpha value is -7.19. The third kappa shape index (κ3) is 14.1. The quantitative estimate of drug-likeness (QED) is 0.0324. The van der Waals surface area contributed by atoms with Gasteiger partial charge in [0, 0.05) is 43.4 Å². The Labute approximate surface area is 527 Å². The zero-order valence-corrected chi connectivity index (χ0v) is 53.0. The first kappa shape index (κ1) is 63.9. The predicted octanol–water partition coefficient (Wildman–Crippen LogP) is 6.81. The van der Waals surface area contributed by atoms with E-state index in [1.807, 2.05) is 0 Å². The van der Waals surface area contributed by atoms with E-state index in [2.05, 4.69) is 55.5 Å². The van der Waals surface area contributed by atoms with Gasteiger partial charge in [-0.25, -0.2) is 49.7 Å². The number of fused-ring (bicyclic) bond motifs is 3. The number of aromatic nitrogens is 12. The topological polar surface area (TPSA) is 367 Å². The first-order chi connectivity index (χ1) is 43.7. The van der Waals surface area contributed by atoms with E-state index in [4.69, 9.17) is 65.4 Å². The van der Waals surface area contributed by atoms with Gasteiger partial charge in [-0.3, -0.25) is 32.4 Å². The van der Waals surface area contributed by atoms with Crippen LogP contribution in [0.4, 0.5) is 11.6 Å². The zero-order valence-electron chi connectivity index (χ0n) is 48.7. The van der Waals surface area contributed by atoms with E-state index >= 15 is 0 Å². The van der Waals surface area contributed by atoms with E-state index in [9.17, 15) is 33.6 Å². The van der Waals surface area contributed by atoms with Crippen LogP contribution in [0.25, 0.3) is 33.5 Å². The smallest absolute Gasteiger partial charge is 0.338 e. The molecule has 12 rings (SSSR count). The van der Waals surface area contributed by atoms with E-state index < -0.39 is 119 Å². The van der Waals surface area contributed by atoms with Gasteiger partial charge in [-0.2, -0.15) is 0 Å². The van der Waals surface area contributed by atoms with E-state index in [1.54, 1.807) is 114 Å². The maximum atomic E-state index is 13.8. The summed E-state index contributed by atoms with van der Waals surface area (Å²) in [4.78, 5) is 115. The van der Waals surface area contributed by atoms with E-state index in [-0.39, 0.29) is 58.5 Å². The molecular formula is C56H59N14O16P3S2. The van der Waals surface area contributed by atoms with Crippen LogP contribution in [0, 0.1) is 12.8 Å². The molecule has 6 aromatic heterocycles. The van der Waals surface area contributed by atoms with E-state index in [0.29, 0.717) is 28.0 Å². The molecule has 0 bridgehead atoms. The van der Waals surface area contributed by atoms with Crippen molar-refractivity contribution in [1.29, 1.82) is 0 Å². The standard InChI is InChI=1S/C56H59N14O16P3S2/c1-31-38(82-54(43(31)84-56(73)35-18-12-7-13-19-35)69-29-64-41-46(58-26-61-49(41)69)66-51(71)33-14-8-5-9-15-33)23-79-89(77,91)86-45-44(78-3)39(83-55(45)70-30-65-42-47(59-27-62-50(42)70)67-52(72)34-16-10-6-11-17-34)24-80-88(76,90)85-37-22-36(20-21-87(4,74)75)81-53(37)68-28-63-40-32(2)57-25-60-48(40)68/h5-19,25-31,36-39,43-45,53-55H,20-24H2,1-4H3,(H,74,75)(H,76,90)(H,77,91)(H,58,61,66,71)(H,59,62,67,72)/t31-,36-,37-,38-,39-,43-,44-,45-,53-,54-,55-,88?,89?/m1/s1. The third-order valence-electron chi connectivity index (χ3n) is 15.5. The summed E-state index contributed by atoms with van der Waals surface area (Å²) in [5, 5.41) is 5.57. The number of hydrogen-bond acceptors (Lipinski definition) is 24. The minimum absolute atomic E-state index is 0.0506. The Morgan fingerprint density at radius 1 is 0.604 bits per heavy atom. The highest BCUT2D eigenvalue weighted by molar-refractivity contribution is 8.07. The van der Waals surface area contributed by atoms with Gasteiger partial charge in [0.25, 0.3) is 11.8 Å². The minimum Gasteiger partial charge on any atom is -0.454 e. The highest BCUT2D eigenvalue weighted by Crippen LogP contribution is 2.54. The second-order valence-electron chi connectivity index (χ2n) is 21.6. The fourth-order valence-corrected chi connectivity index (χ4v) is 14.6. The Morgan fingerprint density at radius 3 is 1.63 bits per heavy atom. The van der Waals surface area contributed by atoms with Crippen molar-refractivity contribution in [2.24, 2.45) is 5.92 Å². The van der Waals surface area contributed by atoms with Gasteiger partial charge in [-0.15, -0.1) is 0 Å². The number of methoxy groups -OCH3 is 1. The number of nitrogens with zero attached hydrogens (tertiary/aromatic N) is 12. The minimum atomic E-state index is -4.48. The van der Waals surface area contributed by atoms with Crippen molar-refractivity contribution < 1.29 is 75.4 Å². The number of benzene rings is 3. The molecule has 0 spiro atoms. The molecule has 35 heteroatoms. The van der Waals surface area contributed by atoms with E-state index in [0.717, 1.165) is 0 Å². The maximum Gasteiger partial charge on any atom is 0.338 e. The third-order valence-corrected chi connectivity index (χ3v) is 19.7. The number of amides is 2. The molecule has 9 heterocycles. The molecule has 9 aromatic rings. The van der Waals surface area contributed by atoms with Crippen molar-refractivity contribution in [3.8, 4) is 0 Å². The lowest BCUT2D eigenvalue weighted by Crippen LogP contribution is -2.37. The average molecular weight is 1340 g/mol. The molecule has 91 heavy (non-hydrogen) atoms. The summed E-state index contributed by atoms with van der Waals surface area (Å²) in [7, 11) is -2.10. The normalized spacial score (nSPS) is 25.3. The molecule has 3 unspecified atom stereocenters. The lowest BCUT2D eigenvalue weighted by Gasteiger charge is -2.28. The van der Waals surface area contributed by atoms with Crippen molar-refractivity contribution in [1.82, 2.24) is 58.6 Å². The summed E-state index contributed by atoms with van der Waals surface area (Å²) in [6.07, 6.45) is -2.54. The molecule has 3 aliphatic heterocycles. The van der Waals surface area contributed by atoms with Crippen LogP contribution in [0.1, 0.15) is 75.2 Å². The highest BCUT2D eigenvalue weighted by Gasteiger charge is 2.52.